The second kappa shape index (κ2) is 6.15. The third-order valence-corrected chi connectivity index (χ3v) is 2.43. The molecule has 1 saturated carbocycles. The van der Waals surface area contributed by atoms with Crippen molar-refractivity contribution >= 4 is 17.7 Å². The number of ether oxygens (including phenoxy) is 1. The average molecular weight is 251 g/mol. The Balaban J connectivity index is 1.77. The van der Waals surface area contributed by atoms with Gasteiger partial charge in [0.05, 0.1) is 6.61 Å². The lowest BCUT2D eigenvalue weighted by Crippen LogP contribution is -2.30. The first-order valence-corrected chi connectivity index (χ1v) is 5.92. The summed E-state index contributed by atoms with van der Waals surface area (Å²) < 4.78 is 4.91. The lowest BCUT2D eigenvalue weighted by atomic mass is 10.5. The molecule has 2 amide bonds. The van der Waals surface area contributed by atoms with Crippen LogP contribution < -0.4 is 16.0 Å². The van der Waals surface area contributed by atoms with E-state index in [2.05, 4.69) is 26.1 Å². The number of methoxy groups -OCH3 is 1. The monoisotopic (exact) mass is 251 g/mol. The van der Waals surface area contributed by atoms with Gasteiger partial charge in [0.2, 0.25) is 0 Å². The number of hydrogen-bond acceptors (Lipinski definition) is 5. The lowest BCUT2D eigenvalue weighted by molar-refractivity contribution is 0.210. The maximum Gasteiger partial charge on any atom is 0.320 e. The van der Waals surface area contributed by atoms with Crippen molar-refractivity contribution in [2.75, 3.05) is 30.9 Å². The fourth-order valence-electron chi connectivity index (χ4n) is 1.34. The normalized spacial score (nSPS) is 14.1. The van der Waals surface area contributed by atoms with Gasteiger partial charge in [0, 0.05) is 19.7 Å². The Morgan fingerprint density at radius 2 is 2.11 bits per heavy atom. The predicted octanol–water partition coefficient (Wildman–Crippen LogP) is 0.819. The van der Waals surface area contributed by atoms with E-state index in [0.29, 0.717) is 30.8 Å². The van der Waals surface area contributed by atoms with E-state index in [0.717, 1.165) is 12.8 Å². The summed E-state index contributed by atoms with van der Waals surface area (Å²) in [5.41, 5.74) is 0. The molecule has 0 radical (unpaired) electrons. The van der Waals surface area contributed by atoms with Crippen LogP contribution in [0.3, 0.4) is 0 Å². The molecule has 7 heteroatoms. The number of carbonyl (C=O) groups excluding carboxylic acids is 1. The Morgan fingerprint density at radius 3 is 2.72 bits per heavy atom. The van der Waals surface area contributed by atoms with Crippen molar-refractivity contribution in [3.05, 3.63) is 12.1 Å². The second-order valence-electron chi connectivity index (χ2n) is 4.10. The smallest absolute Gasteiger partial charge is 0.320 e. The summed E-state index contributed by atoms with van der Waals surface area (Å²) in [7, 11) is 1.64. The van der Waals surface area contributed by atoms with Gasteiger partial charge in [-0.15, -0.1) is 10.2 Å². The van der Waals surface area contributed by atoms with Crippen LogP contribution in [0.5, 0.6) is 0 Å². The molecule has 1 aromatic rings. The number of nitrogens with one attached hydrogen (secondary N) is 3. The lowest BCUT2D eigenvalue weighted by Gasteiger charge is -2.06. The van der Waals surface area contributed by atoms with Crippen molar-refractivity contribution in [1.82, 2.24) is 15.5 Å². The van der Waals surface area contributed by atoms with Crippen molar-refractivity contribution in [3.8, 4) is 0 Å². The quantitative estimate of drug-likeness (QED) is 0.651. The molecule has 1 heterocycles. The first-order valence-electron chi connectivity index (χ1n) is 5.92. The molecule has 1 aromatic heterocycles. The van der Waals surface area contributed by atoms with Crippen LogP contribution in [0.4, 0.5) is 16.4 Å². The molecule has 3 N–H and O–H groups in total. The van der Waals surface area contributed by atoms with Crippen molar-refractivity contribution in [2.45, 2.75) is 18.9 Å². The van der Waals surface area contributed by atoms with E-state index >= 15 is 0 Å². The van der Waals surface area contributed by atoms with Gasteiger partial charge in [-0.25, -0.2) is 4.79 Å². The van der Waals surface area contributed by atoms with Gasteiger partial charge >= 0.3 is 6.03 Å². The molecule has 0 saturated heterocycles. The minimum atomic E-state index is -0.230. The highest BCUT2D eigenvalue weighted by atomic mass is 16.5. The summed E-state index contributed by atoms with van der Waals surface area (Å²) in [6.07, 6.45) is 2.11. The highest BCUT2D eigenvalue weighted by Crippen LogP contribution is 2.18. The number of carbonyl (C=O) groups is 1. The van der Waals surface area contributed by atoms with Crippen LogP contribution in [-0.4, -0.2) is 42.5 Å². The van der Waals surface area contributed by atoms with Gasteiger partial charge in [-0.05, 0) is 25.0 Å². The van der Waals surface area contributed by atoms with Gasteiger partial charge in [0.15, 0.2) is 5.82 Å². The van der Waals surface area contributed by atoms with Gasteiger partial charge in [-0.2, -0.15) is 0 Å². The number of rotatable bonds is 6. The SMILES string of the molecule is COCCNc1ccc(NC(=O)NC2CC2)nn1. The van der Waals surface area contributed by atoms with E-state index in [-0.39, 0.29) is 6.03 Å². The Morgan fingerprint density at radius 1 is 1.39 bits per heavy atom. The Bertz CT molecular complexity index is 391. The number of hydrogen-bond donors (Lipinski definition) is 3. The van der Waals surface area contributed by atoms with Gasteiger partial charge in [0.1, 0.15) is 5.82 Å². The largest absolute Gasteiger partial charge is 0.383 e. The van der Waals surface area contributed by atoms with Crippen molar-refractivity contribution in [3.63, 3.8) is 0 Å². The first-order chi connectivity index (χ1) is 8.78. The zero-order chi connectivity index (χ0) is 12.8. The Labute approximate surface area is 105 Å². The van der Waals surface area contributed by atoms with Crippen molar-refractivity contribution in [2.24, 2.45) is 0 Å². The van der Waals surface area contributed by atoms with Crippen LogP contribution in [0.25, 0.3) is 0 Å². The van der Waals surface area contributed by atoms with Crippen LogP contribution in [0.2, 0.25) is 0 Å². The van der Waals surface area contributed by atoms with Gasteiger partial charge < -0.3 is 15.4 Å². The van der Waals surface area contributed by atoms with Crippen LogP contribution >= 0.6 is 0 Å². The molecular weight excluding hydrogens is 234 g/mol. The van der Waals surface area contributed by atoms with E-state index in [9.17, 15) is 4.79 Å². The Kier molecular flexibility index (Phi) is 4.30. The van der Waals surface area contributed by atoms with Crippen LogP contribution in [0.15, 0.2) is 12.1 Å². The summed E-state index contributed by atoms with van der Waals surface area (Å²) in [6, 6.07) is 3.56. The highest BCUT2D eigenvalue weighted by molar-refractivity contribution is 5.88. The number of nitrogens with zero attached hydrogens (tertiary/aromatic N) is 2. The molecule has 2 rings (SSSR count). The number of amides is 2. The zero-order valence-corrected chi connectivity index (χ0v) is 10.3. The van der Waals surface area contributed by atoms with Gasteiger partial charge in [-0.1, -0.05) is 0 Å². The predicted molar refractivity (Wildman–Crippen MR) is 67.6 cm³/mol. The van der Waals surface area contributed by atoms with E-state index in [4.69, 9.17) is 4.74 Å². The topological polar surface area (TPSA) is 88.2 Å². The van der Waals surface area contributed by atoms with E-state index in [1.54, 1.807) is 19.2 Å². The zero-order valence-electron chi connectivity index (χ0n) is 10.3. The van der Waals surface area contributed by atoms with Crippen molar-refractivity contribution < 1.29 is 9.53 Å². The van der Waals surface area contributed by atoms with Gasteiger partial charge in [-0.3, -0.25) is 5.32 Å². The minimum absolute atomic E-state index is 0.230. The summed E-state index contributed by atoms with van der Waals surface area (Å²) >= 11 is 0. The average Bonchev–Trinajstić information content (AvgIpc) is 3.15. The van der Waals surface area contributed by atoms with E-state index < -0.39 is 0 Å². The Hall–Kier alpha value is -1.89. The second-order valence-corrected chi connectivity index (χ2v) is 4.10. The molecule has 1 fully saturated rings. The fourth-order valence-corrected chi connectivity index (χ4v) is 1.34. The molecule has 1 aliphatic carbocycles. The van der Waals surface area contributed by atoms with Crippen LogP contribution in [-0.2, 0) is 4.74 Å². The summed E-state index contributed by atoms with van der Waals surface area (Å²) in [5.74, 6) is 1.09. The molecule has 7 nitrogen and oxygen atoms in total. The first kappa shape index (κ1) is 12.6. The van der Waals surface area contributed by atoms with E-state index in [1.807, 2.05) is 0 Å². The van der Waals surface area contributed by atoms with Crippen molar-refractivity contribution in [1.29, 1.82) is 0 Å². The molecule has 1 aliphatic rings. The third kappa shape index (κ3) is 4.17. The maximum absolute atomic E-state index is 11.4. The number of urea groups is 1. The molecule has 0 aliphatic heterocycles. The molecule has 98 valence electrons. The summed E-state index contributed by atoms with van der Waals surface area (Å²) in [4.78, 5) is 11.4. The molecule has 0 unspecified atom stereocenters. The number of anilines is 2. The molecule has 18 heavy (non-hydrogen) atoms. The maximum atomic E-state index is 11.4. The molecule has 0 spiro atoms. The standard InChI is InChI=1S/C11H17N5O2/c1-18-7-6-12-9-4-5-10(16-15-9)14-11(17)13-8-2-3-8/h4-5,8H,2-3,6-7H2,1H3,(H,12,15)(H2,13,14,16,17). The van der Waals surface area contributed by atoms with E-state index in [1.165, 1.54) is 0 Å². The molecule has 0 aromatic carbocycles. The summed E-state index contributed by atoms with van der Waals surface area (Å²) in [6.45, 7) is 1.27. The molecule has 0 atom stereocenters. The molecular formula is C11H17N5O2. The highest BCUT2D eigenvalue weighted by Gasteiger charge is 2.23. The molecule has 0 bridgehead atoms. The third-order valence-electron chi connectivity index (χ3n) is 2.43. The van der Waals surface area contributed by atoms with Crippen LogP contribution in [0, 0.1) is 0 Å². The fraction of sp³-hybridized carbons (Fsp3) is 0.545. The number of aromatic nitrogens is 2. The van der Waals surface area contributed by atoms with Crippen LogP contribution in [0.1, 0.15) is 12.8 Å². The van der Waals surface area contributed by atoms with Gasteiger partial charge in [0.25, 0.3) is 0 Å². The minimum Gasteiger partial charge on any atom is -0.383 e. The summed E-state index contributed by atoms with van der Waals surface area (Å²) in [5, 5.41) is 16.3.